The molecule has 110 valence electrons. The van der Waals surface area contributed by atoms with E-state index in [0.717, 1.165) is 6.42 Å². The van der Waals surface area contributed by atoms with Crippen LogP contribution in [-0.2, 0) is 4.79 Å². The molecule has 4 N–H and O–H groups in total. The maximum absolute atomic E-state index is 11.5. The first-order valence-corrected chi connectivity index (χ1v) is 6.54. The molecule has 0 bridgehead atoms. The minimum absolute atomic E-state index is 0.0284. The van der Waals surface area contributed by atoms with Crippen molar-refractivity contribution in [3.63, 3.8) is 0 Å². The van der Waals surface area contributed by atoms with Gasteiger partial charge in [-0.05, 0) is 30.2 Å². The van der Waals surface area contributed by atoms with Crippen LogP contribution in [0.1, 0.15) is 25.8 Å². The van der Waals surface area contributed by atoms with Crippen LogP contribution in [-0.4, -0.2) is 30.1 Å². The van der Waals surface area contributed by atoms with Gasteiger partial charge in [-0.3, -0.25) is 4.79 Å². The smallest absolute Gasteiger partial charge is 0.257 e. The highest BCUT2D eigenvalue weighted by atomic mass is 16.5. The first-order chi connectivity index (χ1) is 9.56. The van der Waals surface area contributed by atoms with Crippen LogP contribution in [0.3, 0.4) is 0 Å². The van der Waals surface area contributed by atoms with E-state index in [0.29, 0.717) is 23.8 Å². The lowest BCUT2D eigenvalue weighted by Crippen LogP contribution is -2.32. The Balaban J connectivity index is 2.40. The third-order valence-corrected chi connectivity index (χ3v) is 2.97. The fraction of sp³-hybridized carbons (Fsp3) is 0.429. The van der Waals surface area contributed by atoms with E-state index >= 15 is 0 Å². The summed E-state index contributed by atoms with van der Waals surface area (Å²) in [6, 6.07) is 6.63. The van der Waals surface area contributed by atoms with Gasteiger partial charge < -0.3 is 21.0 Å². The van der Waals surface area contributed by atoms with E-state index in [4.69, 9.17) is 15.7 Å². The van der Waals surface area contributed by atoms with Gasteiger partial charge in [0.15, 0.2) is 12.4 Å². The van der Waals surface area contributed by atoms with Crippen LogP contribution < -0.4 is 15.8 Å². The number of hydrogen-bond acceptors (Lipinski definition) is 4. The van der Waals surface area contributed by atoms with Gasteiger partial charge in [0.2, 0.25) is 0 Å². The summed E-state index contributed by atoms with van der Waals surface area (Å²) in [5.74, 6) is 0.894. The largest absolute Gasteiger partial charge is 0.484 e. The lowest BCUT2D eigenvalue weighted by atomic mass is 10.1. The number of amidine groups is 1. The number of carbonyl (C=O) groups excluding carboxylic acids is 1. The molecule has 0 fully saturated rings. The Labute approximate surface area is 118 Å². The maximum Gasteiger partial charge on any atom is 0.257 e. The van der Waals surface area contributed by atoms with Crippen molar-refractivity contribution in [1.82, 2.24) is 5.32 Å². The molecule has 1 aromatic carbocycles. The summed E-state index contributed by atoms with van der Waals surface area (Å²) in [5, 5.41) is 14.2. The minimum Gasteiger partial charge on any atom is -0.484 e. The molecular weight excluding hydrogens is 258 g/mol. The van der Waals surface area contributed by atoms with E-state index in [2.05, 4.69) is 24.3 Å². The summed E-state index contributed by atoms with van der Waals surface area (Å²) in [6.07, 6.45) is 1.02. The summed E-state index contributed by atoms with van der Waals surface area (Å²) in [6.45, 7) is 4.78. The molecule has 1 aromatic rings. The first kappa shape index (κ1) is 15.8. The molecule has 1 rings (SSSR count). The molecule has 0 saturated heterocycles. The Morgan fingerprint density at radius 1 is 1.45 bits per heavy atom. The number of carbonyl (C=O) groups is 1. The van der Waals surface area contributed by atoms with Gasteiger partial charge in [0.05, 0.1) is 0 Å². The molecule has 0 aliphatic carbocycles. The third kappa shape index (κ3) is 5.17. The van der Waals surface area contributed by atoms with Gasteiger partial charge in [0.25, 0.3) is 5.91 Å². The Morgan fingerprint density at radius 3 is 2.65 bits per heavy atom. The monoisotopic (exact) mass is 279 g/mol. The van der Waals surface area contributed by atoms with Crippen molar-refractivity contribution >= 4 is 11.7 Å². The Morgan fingerprint density at radius 2 is 2.10 bits per heavy atom. The van der Waals surface area contributed by atoms with Gasteiger partial charge in [0.1, 0.15) is 5.75 Å². The van der Waals surface area contributed by atoms with Gasteiger partial charge in [-0.15, -0.1) is 0 Å². The van der Waals surface area contributed by atoms with Gasteiger partial charge >= 0.3 is 0 Å². The number of nitrogens with one attached hydrogen (secondary N) is 1. The Bertz CT molecular complexity index is 457. The SMILES string of the molecule is CCC(C)CNC(=O)COc1ccc(C(N)=NO)cc1. The molecule has 20 heavy (non-hydrogen) atoms. The second-order valence-electron chi connectivity index (χ2n) is 4.62. The number of nitrogens with zero attached hydrogens (tertiary/aromatic N) is 1. The molecule has 6 heteroatoms. The minimum atomic E-state index is -0.147. The first-order valence-electron chi connectivity index (χ1n) is 6.54. The number of rotatable bonds is 7. The van der Waals surface area contributed by atoms with Crippen LogP contribution in [0.15, 0.2) is 29.4 Å². The average Bonchev–Trinajstić information content (AvgIpc) is 2.50. The van der Waals surface area contributed by atoms with Crippen molar-refractivity contribution in [2.45, 2.75) is 20.3 Å². The Kier molecular flexibility index (Phi) is 6.36. The molecular formula is C14H21N3O3. The zero-order chi connectivity index (χ0) is 15.0. The maximum atomic E-state index is 11.5. The lowest BCUT2D eigenvalue weighted by Gasteiger charge is -2.11. The van der Waals surface area contributed by atoms with E-state index in [1.54, 1.807) is 24.3 Å². The summed E-state index contributed by atoms with van der Waals surface area (Å²) in [7, 11) is 0. The lowest BCUT2D eigenvalue weighted by molar-refractivity contribution is -0.123. The van der Waals surface area contributed by atoms with Crippen LogP contribution in [0.2, 0.25) is 0 Å². The van der Waals surface area contributed by atoms with E-state index in [1.807, 2.05) is 0 Å². The van der Waals surface area contributed by atoms with E-state index in [-0.39, 0.29) is 18.3 Å². The fourth-order valence-electron chi connectivity index (χ4n) is 1.41. The zero-order valence-electron chi connectivity index (χ0n) is 11.8. The van der Waals surface area contributed by atoms with Gasteiger partial charge in [-0.2, -0.15) is 0 Å². The number of amides is 1. The molecule has 1 atom stereocenters. The van der Waals surface area contributed by atoms with Crippen LogP contribution in [0, 0.1) is 5.92 Å². The predicted molar refractivity (Wildman–Crippen MR) is 76.9 cm³/mol. The van der Waals surface area contributed by atoms with Crippen molar-refractivity contribution < 1.29 is 14.7 Å². The van der Waals surface area contributed by atoms with Crippen LogP contribution in [0.5, 0.6) is 5.75 Å². The number of hydrogen-bond donors (Lipinski definition) is 3. The standard InChI is InChI=1S/C14H21N3O3/c1-3-10(2)8-16-13(18)9-20-12-6-4-11(5-7-12)14(15)17-19/h4-7,10,19H,3,8-9H2,1-2H3,(H2,15,17)(H,16,18). The van der Waals surface area contributed by atoms with Crippen LogP contribution >= 0.6 is 0 Å². The second-order valence-corrected chi connectivity index (χ2v) is 4.62. The summed E-state index contributed by atoms with van der Waals surface area (Å²) in [4.78, 5) is 11.5. The normalized spacial score (nSPS) is 12.8. The molecule has 1 unspecified atom stereocenters. The van der Waals surface area contributed by atoms with Gasteiger partial charge in [-0.25, -0.2) is 0 Å². The highest BCUT2D eigenvalue weighted by molar-refractivity contribution is 5.97. The number of nitrogens with two attached hydrogens (primary N) is 1. The number of oxime groups is 1. The number of benzene rings is 1. The van der Waals surface area contributed by atoms with Crippen LogP contribution in [0.25, 0.3) is 0 Å². The van der Waals surface area contributed by atoms with Gasteiger partial charge in [0, 0.05) is 12.1 Å². The van der Waals surface area contributed by atoms with E-state index in [9.17, 15) is 4.79 Å². The predicted octanol–water partition coefficient (Wildman–Crippen LogP) is 1.32. The average molecular weight is 279 g/mol. The van der Waals surface area contributed by atoms with E-state index < -0.39 is 0 Å². The highest BCUT2D eigenvalue weighted by Gasteiger charge is 2.05. The Hall–Kier alpha value is -2.24. The van der Waals surface area contributed by atoms with E-state index in [1.165, 1.54) is 0 Å². The van der Waals surface area contributed by atoms with Crippen LogP contribution in [0.4, 0.5) is 0 Å². The summed E-state index contributed by atoms with van der Waals surface area (Å²) < 4.78 is 5.35. The topological polar surface area (TPSA) is 96.9 Å². The zero-order valence-corrected chi connectivity index (χ0v) is 11.8. The molecule has 1 amide bonds. The molecule has 0 radical (unpaired) electrons. The molecule has 0 aliphatic rings. The van der Waals surface area contributed by atoms with Crippen molar-refractivity contribution in [2.24, 2.45) is 16.8 Å². The summed E-state index contributed by atoms with van der Waals surface area (Å²) >= 11 is 0. The highest BCUT2D eigenvalue weighted by Crippen LogP contribution is 2.11. The fourth-order valence-corrected chi connectivity index (χ4v) is 1.41. The van der Waals surface area contributed by atoms with Crippen molar-refractivity contribution in [3.05, 3.63) is 29.8 Å². The third-order valence-electron chi connectivity index (χ3n) is 2.97. The van der Waals surface area contributed by atoms with Crippen molar-refractivity contribution in [2.75, 3.05) is 13.2 Å². The summed E-state index contributed by atoms with van der Waals surface area (Å²) in [5.41, 5.74) is 6.03. The van der Waals surface area contributed by atoms with Crippen molar-refractivity contribution in [3.8, 4) is 5.75 Å². The van der Waals surface area contributed by atoms with Crippen molar-refractivity contribution in [1.29, 1.82) is 0 Å². The molecule has 6 nitrogen and oxygen atoms in total. The molecule has 0 aromatic heterocycles. The quantitative estimate of drug-likeness (QED) is 0.303. The molecule has 0 spiro atoms. The number of ether oxygens (including phenoxy) is 1. The molecule has 0 heterocycles. The molecule has 0 aliphatic heterocycles. The van der Waals surface area contributed by atoms with Gasteiger partial charge in [-0.1, -0.05) is 25.4 Å². The molecule has 0 saturated carbocycles. The second kappa shape index (κ2) is 8.04.